The summed E-state index contributed by atoms with van der Waals surface area (Å²) >= 11 is 0. The lowest BCUT2D eigenvalue weighted by Gasteiger charge is -2.08. The van der Waals surface area contributed by atoms with E-state index in [1.807, 2.05) is 19.6 Å². The summed E-state index contributed by atoms with van der Waals surface area (Å²) in [6, 6.07) is 2.12. The van der Waals surface area contributed by atoms with Gasteiger partial charge in [-0.05, 0) is 25.1 Å². The van der Waals surface area contributed by atoms with Gasteiger partial charge in [0, 0.05) is 11.6 Å². The van der Waals surface area contributed by atoms with Crippen LogP contribution in [0.25, 0.3) is 6.08 Å². The van der Waals surface area contributed by atoms with Gasteiger partial charge in [-0.3, -0.25) is 0 Å². The molecule has 0 aliphatic heterocycles. The average molecular weight is 341 g/mol. The van der Waals surface area contributed by atoms with Gasteiger partial charge in [-0.25, -0.2) is 9.78 Å². The van der Waals surface area contributed by atoms with Gasteiger partial charge in [0.25, 0.3) is 0 Å². The molecular formula is C16H18F3NO2Si. The number of alkyl halides is 3. The Labute approximate surface area is 134 Å². The molecule has 1 aromatic heterocycles. The molecule has 23 heavy (non-hydrogen) atoms. The lowest BCUT2D eigenvalue weighted by atomic mass is 10.1. The zero-order valence-electron chi connectivity index (χ0n) is 13.4. The second-order valence-corrected chi connectivity index (χ2v) is 10.5. The highest BCUT2D eigenvalue weighted by Crippen LogP contribution is 2.28. The van der Waals surface area contributed by atoms with E-state index in [1.54, 1.807) is 6.92 Å². The van der Waals surface area contributed by atoms with E-state index in [4.69, 9.17) is 4.74 Å². The predicted octanol–water partition coefficient (Wildman–Crippen LogP) is 3.91. The first-order valence-electron chi connectivity index (χ1n) is 6.99. The molecule has 124 valence electrons. The van der Waals surface area contributed by atoms with E-state index in [9.17, 15) is 18.0 Å². The number of nitrogens with zero attached hydrogens (tertiary/aromatic N) is 1. The fourth-order valence-corrected chi connectivity index (χ4v) is 1.95. The number of halogens is 3. The molecule has 0 atom stereocenters. The minimum absolute atomic E-state index is 0.00259. The van der Waals surface area contributed by atoms with Gasteiger partial charge in [-0.2, -0.15) is 13.2 Å². The van der Waals surface area contributed by atoms with E-state index in [2.05, 4.69) is 16.4 Å². The molecule has 0 bridgehead atoms. The summed E-state index contributed by atoms with van der Waals surface area (Å²) in [4.78, 5) is 14.9. The molecule has 0 radical (unpaired) electrons. The number of aromatic nitrogens is 1. The Morgan fingerprint density at radius 2 is 2.00 bits per heavy atom. The molecule has 1 heterocycles. The molecule has 7 heteroatoms. The van der Waals surface area contributed by atoms with Crippen LogP contribution >= 0.6 is 0 Å². The van der Waals surface area contributed by atoms with E-state index in [0.29, 0.717) is 5.56 Å². The van der Waals surface area contributed by atoms with Crippen LogP contribution in [0.3, 0.4) is 0 Å². The van der Waals surface area contributed by atoms with Crippen LogP contribution in [0.15, 0.2) is 18.2 Å². The molecular weight excluding hydrogens is 323 g/mol. The van der Waals surface area contributed by atoms with Crippen LogP contribution in [-0.2, 0) is 15.7 Å². The number of esters is 1. The fourth-order valence-electron chi connectivity index (χ4n) is 1.46. The van der Waals surface area contributed by atoms with Crippen molar-refractivity contribution in [1.82, 2.24) is 4.98 Å². The van der Waals surface area contributed by atoms with Crippen LogP contribution in [0, 0.1) is 11.5 Å². The topological polar surface area (TPSA) is 39.2 Å². The third-order valence-corrected chi connectivity index (χ3v) is 3.33. The molecule has 0 unspecified atom stereocenters. The Hall–Kier alpha value is -2.07. The van der Waals surface area contributed by atoms with Crippen molar-refractivity contribution < 1.29 is 22.7 Å². The second kappa shape index (κ2) is 7.46. The van der Waals surface area contributed by atoms with Gasteiger partial charge in [0.2, 0.25) is 0 Å². The molecule has 0 aromatic carbocycles. The summed E-state index contributed by atoms with van der Waals surface area (Å²) in [5.41, 5.74) is 2.32. The van der Waals surface area contributed by atoms with Gasteiger partial charge in [0.1, 0.15) is 19.5 Å². The Morgan fingerprint density at radius 3 is 2.52 bits per heavy atom. The zero-order chi connectivity index (χ0) is 17.7. The van der Waals surface area contributed by atoms with E-state index in [-0.39, 0.29) is 12.3 Å². The highest BCUT2D eigenvalue weighted by atomic mass is 28.3. The Bertz CT molecular complexity index is 665. The molecule has 1 aromatic rings. The Balaban J connectivity index is 3.28. The fraction of sp³-hybridized carbons (Fsp3) is 0.375. The largest absolute Gasteiger partial charge is 0.463 e. The van der Waals surface area contributed by atoms with Crippen molar-refractivity contribution in [3.63, 3.8) is 0 Å². The van der Waals surface area contributed by atoms with Crippen LogP contribution < -0.4 is 0 Å². The normalized spacial score (nSPS) is 12.0. The first-order chi connectivity index (χ1) is 10.5. The van der Waals surface area contributed by atoms with Gasteiger partial charge in [0.05, 0.1) is 6.61 Å². The lowest BCUT2D eigenvalue weighted by Crippen LogP contribution is -2.16. The van der Waals surface area contributed by atoms with E-state index in [0.717, 1.165) is 12.1 Å². The highest BCUT2D eigenvalue weighted by Gasteiger charge is 2.32. The van der Waals surface area contributed by atoms with E-state index >= 15 is 0 Å². The first-order valence-corrected chi connectivity index (χ1v) is 10.5. The van der Waals surface area contributed by atoms with Gasteiger partial charge in [-0.1, -0.05) is 25.6 Å². The summed E-state index contributed by atoms with van der Waals surface area (Å²) < 4.78 is 43.1. The van der Waals surface area contributed by atoms with Crippen LogP contribution in [0.5, 0.6) is 0 Å². The van der Waals surface area contributed by atoms with Gasteiger partial charge in [-0.15, -0.1) is 5.54 Å². The van der Waals surface area contributed by atoms with Crippen LogP contribution in [-0.4, -0.2) is 25.6 Å². The molecule has 3 nitrogen and oxygen atoms in total. The van der Waals surface area contributed by atoms with Gasteiger partial charge < -0.3 is 4.74 Å². The van der Waals surface area contributed by atoms with Gasteiger partial charge >= 0.3 is 12.1 Å². The van der Waals surface area contributed by atoms with Gasteiger partial charge in [0.15, 0.2) is 0 Å². The number of ether oxygens (including phenoxy) is 1. The third kappa shape index (κ3) is 6.70. The van der Waals surface area contributed by atoms with Crippen molar-refractivity contribution in [1.29, 1.82) is 0 Å². The van der Waals surface area contributed by atoms with Crippen LogP contribution in [0.1, 0.15) is 23.9 Å². The Kier molecular flexibility index (Phi) is 6.16. The molecule has 0 aliphatic rings. The summed E-state index contributed by atoms with van der Waals surface area (Å²) in [7, 11) is -1.78. The molecule has 0 N–H and O–H groups in total. The molecule has 0 amide bonds. The van der Waals surface area contributed by atoms with Crippen LogP contribution in [0.2, 0.25) is 19.6 Å². The summed E-state index contributed by atoms with van der Waals surface area (Å²) in [5, 5.41) is 0. The highest BCUT2D eigenvalue weighted by molar-refractivity contribution is 6.83. The lowest BCUT2D eigenvalue weighted by molar-refractivity contribution is -0.141. The molecule has 0 fully saturated rings. The molecule has 0 saturated heterocycles. The quantitative estimate of drug-likeness (QED) is 0.362. The number of carbonyl (C=O) groups excluding carboxylic acids is 1. The zero-order valence-corrected chi connectivity index (χ0v) is 14.4. The molecule has 0 saturated carbocycles. The standard InChI is InChI=1S/C16H18F3NO2Si/c1-5-22-15(21)9-7-12-6-8-14(16(17,18)19)20-13(12)10-11-23(2,3)4/h6-9H,5H2,1-4H3/b9-7+. The molecule has 0 aliphatic carbocycles. The summed E-state index contributed by atoms with van der Waals surface area (Å²) in [5.74, 6) is 2.15. The van der Waals surface area contributed by atoms with Crippen molar-refractivity contribution in [2.75, 3.05) is 6.61 Å². The van der Waals surface area contributed by atoms with Crippen LogP contribution in [0.4, 0.5) is 13.2 Å². The maximum atomic E-state index is 12.8. The number of carbonyl (C=O) groups is 1. The second-order valence-electron chi connectivity index (χ2n) is 5.72. The SMILES string of the molecule is CCOC(=O)/C=C/c1ccc(C(F)(F)F)nc1C#C[Si](C)(C)C. The average Bonchev–Trinajstić information content (AvgIpc) is 2.41. The molecule has 0 spiro atoms. The summed E-state index contributed by atoms with van der Waals surface area (Å²) in [6.45, 7) is 7.80. The number of pyridine rings is 1. The van der Waals surface area contributed by atoms with E-state index < -0.39 is 25.9 Å². The molecule has 1 rings (SSSR count). The minimum Gasteiger partial charge on any atom is -0.463 e. The minimum atomic E-state index is -4.54. The predicted molar refractivity (Wildman–Crippen MR) is 85.1 cm³/mol. The monoisotopic (exact) mass is 341 g/mol. The maximum absolute atomic E-state index is 12.8. The van der Waals surface area contributed by atoms with E-state index in [1.165, 1.54) is 12.1 Å². The first kappa shape index (κ1) is 19.0. The maximum Gasteiger partial charge on any atom is 0.433 e. The smallest absolute Gasteiger partial charge is 0.433 e. The van der Waals surface area contributed by atoms with Crippen molar-refractivity contribution >= 4 is 20.1 Å². The third-order valence-electron chi connectivity index (χ3n) is 2.46. The van der Waals surface area contributed by atoms with Crippen molar-refractivity contribution in [2.45, 2.75) is 32.7 Å². The van der Waals surface area contributed by atoms with Crippen molar-refractivity contribution in [3.05, 3.63) is 35.2 Å². The Morgan fingerprint density at radius 1 is 1.35 bits per heavy atom. The number of rotatable bonds is 3. The van der Waals surface area contributed by atoms with Crippen molar-refractivity contribution in [2.24, 2.45) is 0 Å². The summed E-state index contributed by atoms with van der Waals surface area (Å²) in [6.07, 6.45) is -2.04. The van der Waals surface area contributed by atoms with Crippen molar-refractivity contribution in [3.8, 4) is 11.5 Å². The number of hydrogen-bond donors (Lipinski definition) is 0. The number of hydrogen-bond acceptors (Lipinski definition) is 3.